The van der Waals surface area contributed by atoms with E-state index in [1.807, 2.05) is 12.1 Å². The van der Waals surface area contributed by atoms with Crippen molar-refractivity contribution in [1.82, 2.24) is 0 Å². The molecule has 0 atom stereocenters. The normalized spacial score (nSPS) is 9.86. The number of rotatable bonds is 5. The summed E-state index contributed by atoms with van der Waals surface area (Å²) >= 11 is 1.33. The van der Waals surface area contributed by atoms with E-state index in [0.717, 1.165) is 4.90 Å². The molecule has 2 aromatic rings. The molecule has 0 aromatic heterocycles. The lowest BCUT2D eigenvalue weighted by Crippen LogP contribution is -1.91. The third-order valence-corrected chi connectivity index (χ3v) is 3.94. The van der Waals surface area contributed by atoms with Crippen molar-refractivity contribution in [3.8, 4) is 17.6 Å². The van der Waals surface area contributed by atoms with Gasteiger partial charge in [-0.3, -0.25) is 10.1 Å². The number of methoxy groups -OCH3 is 2. The van der Waals surface area contributed by atoms with E-state index in [-0.39, 0.29) is 11.3 Å². The molecule has 0 aliphatic heterocycles. The Morgan fingerprint density at radius 1 is 1.14 bits per heavy atom. The lowest BCUT2D eigenvalue weighted by molar-refractivity contribution is -0.384. The van der Waals surface area contributed by atoms with Crippen LogP contribution in [-0.4, -0.2) is 19.1 Å². The number of hydrogen-bond donors (Lipinski definition) is 0. The van der Waals surface area contributed by atoms with E-state index in [9.17, 15) is 10.1 Å². The second-order valence-corrected chi connectivity index (χ2v) is 5.28. The summed E-state index contributed by atoms with van der Waals surface area (Å²) in [5.41, 5.74) is 0.155. The Kier molecular flexibility index (Phi) is 4.86. The molecule has 0 unspecified atom stereocenters. The topological polar surface area (TPSA) is 85.4 Å². The molecule has 0 aliphatic rings. The highest BCUT2D eigenvalue weighted by molar-refractivity contribution is 7.99. The lowest BCUT2D eigenvalue weighted by Gasteiger charge is -2.09. The average Bonchev–Trinajstić information content (AvgIpc) is 2.54. The zero-order valence-corrected chi connectivity index (χ0v) is 12.7. The maximum absolute atomic E-state index is 10.8. The van der Waals surface area contributed by atoms with Crippen molar-refractivity contribution >= 4 is 17.4 Å². The van der Waals surface area contributed by atoms with E-state index in [0.29, 0.717) is 16.4 Å². The summed E-state index contributed by atoms with van der Waals surface area (Å²) in [4.78, 5) is 11.7. The smallest absolute Gasteiger partial charge is 0.270 e. The highest BCUT2D eigenvalue weighted by Gasteiger charge is 2.13. The third kappa shape index (κ3) is 3.30. The van der Waals surface area contributed by atoms with Crippen molar-refractivity contribution in [2.45, 2.75) is 9.79 Å². The van der Waals surface area contributed by atoms with Crippen LogP contribution in [0.25, 0.3) is 0 Å². The summed E-state index contributed by atoms with van der Waals surface area (Å²) in [7, 11) is 3.09. The summed E-state index contributed by atoms with van der Waals surface area (Å²) in [6.45, 7) is 0. The fourth-order valence-electron chi connectivity index (χ4n) is 1.81. The van der Waals surface area contributed by atoms with Gasteiger partial charge in [0, 0.05) is 21.9 Å². The molecule has 0 radical (unpaired) electrons. The molecule has 0 N–H and O–H groups in total. The summed E-state index contributed by atoms with van der Waals surface area (Å²) in [6, 6.07) is 11.6. The van der Waals surface area contributed by atoms with Crippen molar-refractivity contribution in [3.05, 3.63) is 52.1 Å². The monoisotopic (exact) mass is 316 g/mol. The van der Waals surface area contributed by atoms with Crippen LogP contribution in [0.5, 0.6) is 11.5 Å². The Morgan fingerprint density at radius 2 is 1.86 bits per heavy atom. The van der Waals surface area contributed by atoms with E-state index in [1.54, 1.807) is 32.4 Å². The Labute approximate surface area is 131 Å². The average molecular weight is 316 g/mol. The van der Waals surface area contributed by atoms with Crippen LogP contribution in [0.3, 0.4) is 0 Å². The van der Waals surface area contributed by atoms with Gasteiger partial charge in [-0.15, -0.1) is 0 Å². The molecule has 0 aliphatic carbocycles. The van der Waals surface area contributed by atoms with Gasteiger partial charge in [0.15, 0.2) is 11.5 Å². The standard InChI is InChI=1S/C15H12N2O4S/c1-20-13-5-4-12(8-14(13)21-2)22-15-6-3-11(17(18)19)7-10(15)9-16/h3-8H,1-2H3. The van der Waals surface area contributed by atoms with E-state index in [1.165, 1.54) is 23.9 Å². The molecule has 7 heteroatoms. The first-order valence-corrected chi connectivity index (χ1v) is 6.99. The first kappa shape index (κ1) is 15.7. The maximum atomic E-state index is 10.8. The molecular formula is C15H12N2O4S. The van der Waals surface area contributed by atoms with Gasteiger partial charge < -0.3 is 9.47 Å². The number of non-ortho nitro benzene ring substituents is 1. The summed E-state index contributed by atoms with van der Waals surface area (Å²) in [5, 5.41) is 19.9. The third-order valence-electron chi connectivity index (χ3n) is 2.88. The fourth-order valence-corrected chi connectivity index (χ4v) is 2.72. The van der Waals surface area contributed by atoms with Gasteiger partial charge in [-0.2, -0.15) is 5.26 Å². The van der Waals surface area contributed by atoms with E-state index in [2.05, 4.69) is 0 Å². The maximum Gasteiger partial charge on any atom is 0.270 e. The van der Waals surface area contributed by atoms with Gasteiger partial charge in [0.25, 0.3) is 5.69 Å². The molecule has 22 heavy (non-hydrogen) atoms. The van der Waals surface area contributed by atoms with Gasteiger partial charge in [0.2, 0.25) is 0 Å². The van der Waals surface area contributed by atoms with Crippen molar-refractivity contribution in [2.24, 2.45) is 0 Å². The molecule has 0 saturated heterocycles. The van der Waals surface area contributed by atoms with Gasteiger partial charge in [-0.05, 0) is 24.3 Å². The second kappa shape index (κ2) is 6.83. The zero-order chi connectivity index (χ0) is 16.1. The summed E-state index contributed by atoms with van der Waals surface area (Å²) in [6.07, 6.45) is 0. The van der Waals surface area contributed by atoms with Crippen LogP contribution in [0.1, 0.15) is 5.56 Å². The number of nitrogens with zero attached hydrogens (tertiary/aromatic N) is 2. The number of nitro groups is 1. The van der Waals surface area contributed by atoms with Crippen molar-refractivity contribution < 1.29 is 14.4 Å². The van der Waals surface area contributed by atoms with Crippen LogP contribution in [0.2, 0.25) is 0 Å². The fraction of sp³-hybridized carbons (Fsp3) is 0.133. The molecule has 6 nitrogen and oxygen atoms in total. The predicted molar refractivity (Wildman–Crippen MR) is 81.5 cm³/mol. The lowest BCUT2D eigenvalue weighted by atomic mass is 10.2. The van der Waals surface area contributed by atoms with Crippen LogP contribution in [-0.2, 0) is 0 Å². The molecule has 0 saturated carbocycles. The molecule has 0 heterocycles. The Hall–Kier alpha value is -2.72. The second-order valence-electron chi connectivity index (χ2n) is 4.17. The van der Waals surface area contributed by atoms with Gasteiger partial charge in [0.05, 0.1) is 24.7 Å². The van der Waals surface area contributed by atoms with Gasteiger partial charge in [0.1, 0.15) is 6.07 Å². The highest BCUT2D eigenvalue weighted by Crippen LogP contribution is 2.37. The van der Waals surface area contributed by atoms with Crippen LogP contribution in [0, 0.1) is 21.4 Å². The van der Waals surface area contributed by atoms with Gasteiger partial charge in [-0.1, -0.05) is 11.8 Å². The minimum Gasteiger partial charge on any atom is -0.493 e. The molecule has 0 fully saturated rings. The van der Waals surface area contributed by atoms with Crippen LogP contribution >= 0.6 is 11.8 Å². The number of nitriles is 1. The predicted octanol–water partition coefficient (Wildman–Crippen LogP) is 3.63. The van der Waals surface area contributed by atoms with Crippen LogP contribution < -0.4 is 9.47 Å². The molecule has 112 valence electrons. The quantitative estimate of drug-likeness (QED) is 0.618. The van der Waals surface area contributed by atoms with Gasteiger partial charge in [-0.25, -0.2) is 0 Å². The zero-order valence-electron chi connectivity index (χ0n) is 11.9. The van der Waals surface area contributed by atoms with E-state index >= 15 is 0 Å². The number of benzene rings is 2. The van der Waals surface area contributed by atoms with Gasteiger partial charge >= 0.3 is 0 Å². The van der Waals surface area contributed by atoms with Crippen molar-refractivity contribution in [3.63, 3.8) is 0 Å². The van der Waals surface area contributed by atoms with Crippen LogP contribution in [0.4, 0.5) is 5.69 Å². The molecule has 2 rings (SSSR count). The highest BCUT2D eigenvalue weighted by atomic mass is 32.2. The Bertz CT molecular complexity index is 756. The number of ether oxygens (including phenoxy) is 2. The Balaban J connectivity index is 2.35. The minimum absolute atomic E-state index is 0.104. The number of hydrogen-bond acceptors (Lipinski definition) is 6. The minimum atomic E-state index is -0.522. The molecule has 0 amide bonds. The van der Waals surface area contributed by atoms with Crippen LogP contribution in [0.15, 0.2) is 46.2 Å². The molecule has 0 bridgehead atoms. The molecule has 2 aromatic carbocycles. The number of nitro benzene ring substituents is 1. The molecular weight excluding hydrogens is 304 g/mol. The van der Waals surface area contributed by atoms with E-state index in [4.69, 9.17) is 14.7 Å². The summed E-state index contributed by atoms with van der Waals surface area (Å²) < 4.78 is 10.4. The molecule has 0 spiro atoms. The van der Waals surface area contributed by atoms with E-state index < -0.39 is 4.92 Å². The SMILES string of the molecule is COc1ccc(Sc2ccc([N+](=O)[O-])cc2C#N)cc1OC. The summed E-state index contributed by atoms with van der Waals surface area (Å²) in [5.74, 6) is 1.18. The first-order valence-electron chi connectivity index (χ1n) is 6.17. The van der Waals surface area contributed by atoms with Crippen molar-refractivity contribution in [2.75, 3.05) is 14.2 Å². The van der Waals surface area contributed by atoms with Crippen molar-refractivity contribution in [1.29, 1.82) is 5.26 Å². The Morgan fingerprint density at radius 3 is 2.45 bits per heavy atom. The first-order chi connectivity index (χ1) is 10.6. The largest absolute Gasteiger partial charge is 0.493 e.